The van der Waals surface area contributed by atoms with Gasteiger partial charge < -0.3 is 20.4 Å². The highest BCUT2D eigenvalue weighted by Gasteiger charge is 2.37. The first-order valence-electron chi connectivity index (χ1n) is 41.7. The summed E-state index contributed by atoms with van der Waals surface area (Å²) >= 11 is 13.4. The molecule has 670 valence electrons. The molecule has 4 N–H and O–H groups in total. The molecule has 132 heavy (non-hydrogen) atoms. The highest BCUT2D eigenvalue weighted by Crippen LogP contribution is 2.50. The van der Waals surface area contributed by atoms with Crippen molar-refractivity contribution in [1.82, 2.24) is 18.1 Å². The van der Waals surface area contributed by atoms with Crippen molar-refractivity contribution in [2.24, 2.45) is 0 Å². The minimum absolute atomic E-state index is 0.00880. The average molecular weight is 1950 g/mol. The second-order valence-electron chi connectivity index (χ2n) is 32.6. The van der Waals surface area contributed by atoms with E-state index in [2.05, 4.69) is 18.1 Å². The van der Waals surface area contributed by atoms with Gasteiger partial charge in [-0.3, -0.25) is 4.98 Å². The standard InChI is InChI=1S/C27H23NO4S2.C25H20ClNO4S3.C25H21NO4S3.C23H17FN2O4S/c1-17-25(15-28-33-17)20-9-11-23(18-5-3-2-4-6-18)22(13-20)16-34(31,32)26-14-21(27(29)30)10-12-24(26)19-7-8-19;1-14-21(12-27-33-14)16-4-6-19(22-8-9-24(26)32-22)18(10-16)13-34(30,31)23-11-17(25(28)29)5-7-20(23)15-2-3-15;1-15-2-9-23(31-15)20-7-5-17(22-10-11-26-32-22)12-19(20)14-33(29,30)24-13-18(25(27)28)6-8-21(24)16-3-4-16;24-20-2-1-9-26-22(20)19-7-3-14(12-25)10-17(19)13-31(29,30)21-11-16(23(27)28)6-8-18(21)15-4-5-15/h2-6,9-15,19H,7-8,16H2,1H3,(H,29,30);4-12,15H,2-3,13H2,1H3,(H,28,29);2,5-13,16H,3-4,14H2,1H3,(H,27,28);1-3,6-11,15H,4-5,13H2,(H,27,28). The molecule has 0 unspecified atom stereocenters. The molecule has 4 aliphatic carbocycles. The maximum absolute atomic E-state index is 14.4. The molecule has 4 fully saturated rings. The summed E-state index contributed by atoms with van der Waals surface area (Å²) in [6, 6.07) is 63.4. The predicted octanol–water partition coefficient (Wildman–Crippen LogP) is 24.1. The molecule has 0 amide bonds. The van der Waals surface area contributed by atoms with Crippen LogP contribution in [0, 0.1) is 37.9 Å². The largest absolute Gasteiger partial charge is 0.478 e. The zero-order valence-corrected chi connectivity index (χ0v) is 78.8. The van der Waals surface area contributed by atoms with Crippen LogP contribution in [0.4, 0.5) is 4.39 Å². The van der Waals surface area contributed by atoms with Gasteiger partial charge in [0.2, 0.25) is 0 Å². The zero-order valence-electron chi connectivity index (χ0n) is 70.7. The number of carboxylic acids is 4. The van der Waals surface area contributed by atoms with Crippen LogP contribution in [0.2, 0.25) is 4.34 Å². The number of carbonyl (C=O) groups is 4. The van der Waals surface area contributed by atoms with Crippen LogP contribution in [0.1, 0.15) is 181 Å². The molecular weight excluding hydrogens is 1870 g/mol. The number of aryl methyl sites for hydroxylation is 3. The molecule has 0 aliphatic heterocycles. The molecular formula is C100H81ClFN5O16S9. The second-order valence-corrected chi connectivity index (χ2v) is 46.3. The molecule has 0 spiro atoms. The Morgan fingerprint density at radius 2 is 0.780 bits per heavy atom. The number of halogens is 2. The number of carboxylic acid groups (broad SMARTS) is 4. The number of nitriles is 1. The molecule has 32 heteroatoms. The number of aromatic nitrogens is 4. The van der Waals surface area contributed by atoms with E-state index >= 15 is 0 Å². The van der Waals surface area contributed by atoms with Crippen molar-refractivity contribution in [3.63, 3.8) is 0 Å². The number of benzene rings is 9. The Morgan fingerprint density at radius 1 is 0.386 bits per heavy atom. The minimum atomic E-state index is -4.00. The number of pyridine rings is 1. The van der Waals surface area contributed by atoms with Crippen molar-refractivity contribution in [3.8, 4) is 82.0 Å². The Bertz CT molecular complexity index is 7580. The van der Waals surface area contributed by atoms with Crippen molar-refractivity contribution in [2.75, 3.05) is 0 Å². The van der Waals surface area contributed by atoms with E-state index in [4.69, 9.17) is 11.6 Å². The van der Waals surface area contributed by atoms with E-state index in [1.54, 1.807) is 60.3 Å². The normalized spacial score (nSPS) is 13.7. The maximum Gasteiger partial charge on any atom is 0.335 e. The van der Waals surface area contributed by atoms with Crippen molar-refractivity contribution in [1.29, 1.82) is 5.26 Å². The molecule has 4 saturated carbocycles. The van der Waals surface area contributed by atoms with Crippen LogP contribution in [0.15, 0.2) is 263 Å². The van der Waals surface area contributed by atoms with Gasteiger partial charge in [0, 0.05) is 65.9 Å². The second kappa shape index (κ2) is 38.9. The number of hydrogen-bond donors (Lipinski definition) is 4. The lowest BCUT2D eigenvalue weighted by atomic mass is 9.96. The first-order chi connectivity index (χ1) is 63.2. The summed E-state index contributed by atoms with van der Waals surface area (Å²) in [6.07, 6.45) is 13.9. The molecule has 21 nitrogen and oxygen atoms in total. The third kappa shape index (κ3) is 21.4. The van der Waals surface area contributed by atoms with Gasteiger partial charge in [-0.05, 0) is 335 Å². The molecule has 0 bridgehead atoms. The van der Waals surface area contributed by atoms with Crippen molar-refractivity contribution in [3.05, 3.63) is 340 Å². The van der Waals surface area contributed by atoms with E-state index in [-0.39, 0.29) is 105 Å². The summed E-state index contributed by atoms with van der Waals surface area (Å²) in [5.41, 5.74) is 13.4. The Labute approximate surface area is 787 Å². The topological polar surface area (TPSA) is 361 Å². The number of rotatable bonds is 27. The lowest BCUT2D eigenvalue weighted by Gasteiger charge is -2.15. The molecule has 4 aliphatic rings. The van der Waals surface area contributed by atoms with Gasteiger partial charge >= 0.3 is 23.9 Å². The first kappa shape index (κ1) is 93.1. The third-order valence-electron chi connectivity index (χ3n) is 23.2. The van der Waals surface area contributed by atoms with Crippen LogP contribution >= 0.6 is 68.9 Å². The first-order valence-corrected chi connectivity index (χ1v) is 52.7. The zero-order chi connectivity index (χ0) is 93.2. The van der Waals surface area contributed by atoms with Gasteiger partial charge in [0.25, 0.3) is 0 Å². The molecule has 19 rings (SSSR count). The summed E-state index contributed by atoms with van der Waals surface area (Å²) in [4.78, 5) is 56.6. The summed E-state index contributed by atoms with van der Waals surface area (Å²) < 4.78 is 137. The van der Waals surface area contributed by atoms with E-state index in [0.717, 1.165) is 142 Å². The molecule has 0 radical (unpaired) electrons. The third-order valence-corrected chi connectivity index (χ3v) is 34.5. The summed E-state index contributed by atoms with van der Waals surface area (Å²) in [5.74, 6) is -5.83. The summed E-state index contributed by atoms with van der Waals surface area (Å²) in [6.45, 7) is 6.00. The molecule has 15 aromatic rings. The van der Waals surface area contributed by atoms with E-state index in [9.17, 15) is 82.9 Å². The average Bonchev–Trinajstić information content (AvgIpc) is 1.68. The monoisotopic (exact) mass is 1950 g/mol. The van der Waals surface area contributed by atoms with Crippen molar-refractivity contribution < 1.29 is 77.7 Å². The number of hydrogen-bond acceptors (Lipinski definition) is 22. The fraction of sp³-hybridized carbons (Fsp3) is 0.190. The number of aromatic carboxylic acids is 4. The smallest absolute Gasteiger partial charge is 0.335 e. The van der Waals surface area contributed by atoms with Gasteiger partial charge in [-0.25, -0.2) is 70.4 Å². The van der Waals surface area contributed by atoms with E-state index < -0.39 is 74.8 Å². The SMILES string of the molecule is Cc1ccc(-c2ccc(-c3ccns3)cc2CS(=O)(=O)c2cc(C(=O)O)ccc2C2CC2)s1.Cc1sncc1-c1ccc(-c2ccc(Cl)s2)c(CS(=O)(=O)c2cc(C(=O)O)ccc2C2CC2)c1.Cc1sncc1-c1ccc(-c2ccccc2)c(CS(=O)(=O)c2cc(C(=O)O)ccc2C2CC2)c1.N#Cc1ccc(-c2ncccc2F)c(CS(=O)(=O)c2cc(C(=O)O)ccc2C2CC2)c1. The lowest BCUT2D eigenvalue weighted by Crippen LogP contribution is -2.11. The number of thiophene rings is 2. The van der Waals surface area contributed by atoms with Crippen molar-refractivity contribution >= 4 is 132 Å². The van der Waals surface area contributed by atoms with Gasteiger partial charge in [0.15, 0.2) is 39.3 Å². The van der Waals surface area contributed by atoms with Gasteiger partial charge in [-0.1, -0.05) is 109 Å². The maximum atomic E-state index is 14.4. The van der Waals surface area contributed by atoms with Crippen LogP contribution in [0.3, 0.4) is 0 Å². The Kier molecular flexibility index (Phi) is 27.4. The van der Waals surface area contributed by atoms with Gasteiger partial charge in [0.05, 0.1) is 85.7 Å². The van der Waals surface area contributed by atoms with Gasteiger partial charge in [0.1, 0.15) is 11.5 Å². The van der Waals surface area contributed by atoms with E-state index in [1.807, 2.05) is 136 Å². The van der Waals surface area contributed by atoms with Crippen LogP contribution < -0.4 is 0 Å². The Morgan fingerprint density at radius 3 is 1.14 bits per heavy atom. The molecule has 0 saturated heterocycles. The molecule has 9 aromatic carbocycles. The minimum Gasteiger partial charge on any atom is -0.478 e. The Hall–Kier alpha value is -12.2. The summed E-state index contributed by atoms with van der Waals surface area (Å²) in [5, 5.41) is 47.0. The lowest BCUT2D eigenvalue weighted by molar-refractivity contribution is 0.0685. The summed E-state index contributed by atoms with van der Waals surface area (Å²) in [7, 11) is -15.4. The van der Waals surface area contributed by atoms with Crippen molar-refractivity contribution in [2.45, 2.75) is 138 Å². The van der Waals surface area contributed by atoms with Crippen LogP contribution in [0.25, 0.3) is 76.0 Å². The van der Waals surface area contributed by atoms with Gasteiger partial charge in [-0.2, -0.15) is 5.26 Å². The highest BCUT2D eigenvalue weighted by atomic mass is 35.5. The highest BCUT2D eigenvalue weighted by molar-refractivity contribution is 7.91. The Balaban J connectivity index is 0.000000128. The van der Waals surface area contributed by atoms with Crippen LogP contribution in [-0.2, 0) is 62.4 Å². The van der Waals surface area contributed by atoms with E-state index in [1.165, 1.54) is 131 Å². The van der Waals surface area contributed by atoms with E-state index in [0.29, 0.717) is 32.2 Å². The fourth-order valence-electron chi connectivity index (χ4n) is 16.0. The van der Waals surface area contributed by atoms with Crippen LogP contribution in [0.5, 0.6) is 0 Å². The molecule has 6 aromatic heterocycles. The quantitative estimate of drug-likeness (QED) is 0.0371. The fourth-order valence-corrected chi connectivity index (χ4v) is 26.6. The number of nitrogens with zero attached hydrogens (tertiary/aromatic N) is 5. The number of sulfone groups is 4. The molecule has 0 atom stereocenters. The van der Waals surface area contributed by atoms with Gasteiger partial charge in [-0.15, -0.1) is 22.7 Å². The van der Waals surface area contributed by atoms with Crippen LogP contribution in [-0.4, -0.2) is 96.1 Å². The predicted molar refractivity (Wildman–Crippen MR) is 513 cm³/mol. The molecule has 6 heterocycles.